The van der Waals surface area contributed by atoms with E-state index in [-0.39, 0.29) is 20.0 Å². The predicted octanol–water partition coefficient (Wildman–Crippen LogP) is -0.419. The summed E-state index contributed by atoms with van der Waals surface area (Å²) in [5.41, 5.74) is 4.67. The van der Waals surface area contributed by atoms with Crippen LogP contribution in [0.1, 0.15) is 0 Å². The Labute approximate surface area is 38.0 Å². The molecule has 0 unspecified atom stereocenters. The Kier molecular flexibility index (Phi) is 16.3. The maximum Gasteiger partial charge on any atom is 0.0815 e. The van der Waals surface area contributed by atoms with E-state index >= 15 is 0 Å². The number of nitriles is 1. The highest BCUT2D eigenvalue weighted by Crippen LogP contribution is 1.25. The lowest BCUT2D eigenvalue weighted by atomic mass is 10.8. The Morgan fingerprint density at radius 3 is 2.00 bits per heavy atom. The fraction of sp³-hybridized carbons (Fsp3) is 0.500. The molecule has 0 aliphatic rings. The van der Waals surface area contributed by atoms with Crippen LogP contribution in [0.4, 0.5) is 0 Å². The highest BCUT2D eigenvalue weighted by Gasteiger charge is 1.48. The average Bonchev–Trinajstić information content (AvgIpc) is 1.37. The third-order valence-electron chi connectivity index (χ3n) is 0.0913. The van der Waals surface area contributed by atoms with Crippen molar-refractivity contribution in [3.05, 3.63) is 0 Å². The summed E-state index contributed by atoms with van der Waals surface area (Å²) in [7, 11) is 0. The van der Waals surface area contributed by atoms with Crippen LogP contribution in [0.3, 0.4) is 0 Å². The molecule has 30 valence electrons. The van der Waals surface area contributed by atoms with E-state index in [0.717, 1.165) is 0 Å². The molecule has 0 aromatic rings. The summed E-state index contributed by atoms with van der Waals surface area (Å²) in [4.78, 5) is 0. The van der Waals surface area contributed by atoms with Gasteiger partial charge in [0.25, 0.3) is 0 Å². The van der Waals surface area contributed by atoms with Crippen LogP contribution >= 0.6 is 13.5 Å². The lowest BCUT2D eigenvalue weighted by molar-refractivity contribution is 1.25. The number of nitrogens with zero attached hydrogens (tertiary/aromatic N) is 1. The molecule has 0 atom stereocenters. The van der Waals surface area contributed by atoms with Crippen LogP contribution in [0.25, 0.3) is 0 Å². The Morgan fingerprint density at radius 1 is 1.80 bits per heavy atom. The quantitative estimate of drug-likeness (QED) is 0.411. The normalized spacial score (nSPS) is 4.00. The summed E-state index contributed by atoms with van der Waals surface area (Å²) in [5, 5.41) is 7.50. The molecule has 0 aliphatic carbocycles. The Morgan fingerprint density at radius 2 is 2.00 bits per heavy atom. The summed E-state index contributed by atoms with van der Waals surface area (Å²) in [6, 6.07) is 1.71. The number of rotatable bonds is 0. The van der Waals surface area contributed by atoms with Gasteiger partial charge in [-0.05, 0) is 0 Å². The summed E-state index contributed by atoms with van der Waals surface area (Å²) in [6.45, 7) is 0.125. The molecule has 0 saturated heterocycles. The third-order valence-corrected chi connectivity index (χ3v) is 0.0913. The maximum atomic E-state index is 7.50. The molecule has 0 saturated carbocycles. The van der Waals surface area contributed by atoms with E-state index in [1.54, 1.807) is 6.07 Å². The molecule has 3 heteroatoms. The third kappa shape index (κ3) is 19.2. The van der Waals surface area contributed by atoms with Crippen molar-refractivity contribution in [2.45, 2.75) is 0 Å². The fourth-order valence-corrected chi connectivity index (χ4v) is 0. The molecule has 5 heavy (non-hydrogen) atoms. The van der Waals surface area contributed by atoms with Crippen LogP contribution in [0.15, 0.2) is 0 Å². The number of nitrogens with two attached hydrogens (primary N) is 1. The van der Waals surface area contributed by atoms with Crippen molar-refractivity contribution in [2.75, 3.05) is 6.54 Å². The maximum absolute atomic E-state index is 7.50. The zero-order chi connectivity index (χ0) is 3.41. The summed E-state index contributed by atoms with van der Waals surface area (Å²) in [5.74, 6) is 0. The molecular formula is C2H6N2S. The van der Waals surface area contributed by atoms with Crippen molar-refractivity contribution >= 4 is 13.5 Å². The van der Waals surface area contributed by atoms with Gasteiger partial charge in [0.05, 0.1) is 12.6 Å². The SMILES string of the molecule is N#CCN.S. The number of hydrogen-bond acceptors (Lipinski definition) is 2. The minimum atomic E-state index is 0. The van der Waals surface area contributed by atoms with Gasteiger partial charge < -0.3 is 5.73 Å². The van der Waals surface area contributed by atoms with Gasteiger partial charge in [0.15, 0.2) is 0 Å². The molecule has 2 N–H and O–H groups in total. The zero-order valence-corrected chi connectivity index (χ0v) is 3.73. The minimum Gasteiger partial charge on any atom is -0.318 e. The van der Waals surface area contributed by atoms with Gasteiger partial charge in [0.1, 0.15) is 0 Å². The first-order valence-corrected chi connectivity index (χ1v) is 0.985. The van der Waals surface area contributed by atoms with Crippen LogP contribution < -0.4 is 5.73 Å². The van der Waals surface area contributed by atoms with E-state index in [1.807, 2.05) is 0 Å². The van der Waals surface area contributed by atoms with Gasteiger partial charge in [-0.2, -0.15) is 18.8 Å². The van der Waals surface area contributed by atoms with Gasteiger partial charge in [-0.15, -0.1) is 0 Å². The van der Waals surface area contributed by atoms with Crippen molar-refractivity contribution in [1.29, 1.82) is 5.26 Å². The van der Waals surface area contributed by atoms with Gasteiger partial charge in [-0.1, -0.05) is 0 Å². The van der Waals surface area contributed by atoms with Crippen LogP contribution in [0.2, 0.25) is 0 Å². The second-order valence-electron chi connectivity index (χ2n) is 0.362. The molecule has 0 radical (unpaired) electrons. The highest BCUT2D eigenvalue weighted by molar-refractivity contribution is 7.59. The van der Waals surface area contributed by atoms with Crippen LogP contribution in [0.5, 0.6) is 0 Å². The minimum absolute atomic E-state index is 0. The smallest absolute Gasteiger partial charge is 0.0815 e. The molecule has 0 aromatic carbocycles. The molecule has 0 spiro atoms. The summed E-state index contributed by atoms with van der Waals surface area (Å²) >= 11 is 0. The van der Waals surface area contributed by atoms with Gasteiger partial charge in [-0.3, -0.25) is 0 Å². The van der Waals surface area contributed by atoms with Crippen LogP contribution in [-0.4, -0.2) is 6.54 Å². The van der Waals surface area contributed by atoms with E-state index in [0.29, 0.717) is 0 Å². The van der Waals surface area contributed by atoms with E-state index in [4.69, 9.17) is 5.26 Å². The Bertz CT molecular complexity index is 37.4. The van der Waals surface area contributed by atoms with E-state index in [1.165, 1.54) is 0 Å². The Balaban J connectivity index is 0. The molecule has 0 amide bonds. The first-order chi connectivity index (χ1) is 1.91. The molecule has 0 bridgehead atoms. The second-order valence-corrected chi connectivity index (χ2v) is 0.362. The summed E-state index contributed by atoms with van der Waals surface area (Å²) in [6.07, 6.45) is 0. The van der Waals surface area contributed by atoms with E-state index in [2.05, 4.69) is 5.73 Å². The van der Waals surface area contributed by atoms with Gasteiger partial charge in [0, 0.05) is 0 Å². The first-order valence-electron chi connectivity index (χ1n) is 0.985. The van der Waals surface area contributed by atoms with Gasteiger partial charge in [-0.25, -0.2) is 0 Å². The first kappa shape index (κ1) is 8.84. The van der Waals surface area contributed by atoms with E-state index in [9.17, 15) is 0 Å². The van der Waals surface area contributed by atoms with Crippen LogP contribution in [-0.2, 0) is 0 Å². The highest BCUT2D eigenvalue weighted by atomic mass is 32.1. The van der Waals surface area contributed by atoms with Gasteiger partial charge >= 0.3 is 0 Å². The monoisotopic (exact) mass is 90.0 g/mol. The van der Waals surface area contributed by atoms with Crippen molar-refractivity contribution < 1.29 is 0 Å². The van der Waals surface area contributed by atoms with Crippen LogP contribution in [0, 0.1) is 11.3 Å². The Hall–Kier alpha value is -0.200. The molecule has 2 nitrogen and oxygen atoms in total. The van der Waals surface area contributed by atoms with Crippen molar-refractivity contribution in [3.63, 3.8) is 0 Å². The van der Waals surface area contributed by atoms with E-state index < -0.39 is 0 Å². The molecule has 0 rings (SSSR count). The van der Waals surface area contributed by atoms with Crippen molar-refractivity contribution in [2.24, 2.45) is 5.73 Å². The molecule has 0 fully saturated rings. The standard InChI is InChI=1S/C2H4N2.H2S/c3-1-2-4;/h1,3H2;1H2. The molecular weight excluding hydrogens is 84.1 g/mol. The second kappa shape index (κ2) is 9.20. The average molecular weight is 90.2 g/mol. The number of hydrogen-bond donors (Lipinski definition) is 1. The fourth-order valence-electron chi connectivity index (χ4n) is 0. The zero-order valence-electron chi connectivity index (χ0n) is 2.73. The lowest BCUT2D eigenvalue weighted by Gasteiger charge is -1.51. The topological polar surface area (TPSA) is 49.8 Å². The molecule has 0 heterocycles. The lowest BCUT2D eigenvalue weighted by Crippen LogP contribution is -1.91. The van der Waals surface area contributed by atoms with Crippen molar-refractivity contribution in [3.8, 4) is 6.07 Å². The molecule has 0 aromatic heterocycles. The predicted molar refractivity (Wildman–Crippen MR) is 25.0 cm³/mol. The van der Waals surface area contributed by atoms with Gasteiger partial charge in [0.2, 0.25) is 0 Å². The van der Waals surface area contributed by atoms with Crippen molar-refractivity contribution in [1.82, 2.24) is 0 Å². The largest absolute Gasteiger partial charge is 0.318 e. The summed E-state index contributed by atoms with van der Waals surface area (Å²) < 4.78 is 0. The molecule has 0 aliphatic heterocycles.